The van der Waals surface area contributed by atoms with Crippen molar-refractivity contribution in [2.75, 3.05) is 6.54 Å². The molecule has 0 saturated carbocycles. The van der Waals surface area contributed by atoms with Gasteiger partial charge in [-0.2, -0.15) is 0 Å². The first-order chi connectivity index (χ1) is 15.5. The summed E-state index contributed by atoms with van der Waals surface area (Å²) >= 11 is 0. The number of rotatable bonds is 5. The second-order valence-electron chi connectivity index (χ2n) is 7.91. The maximum Gasteiger partial charge on any atom is 0.254 e. The number of amides is 2. The highest BCUT2D eigenvalue weighted by Crippen LogP contribution is 2.30. The van der Waals surface area contributed by atoms with Gasteiger partial charge in [0.05, 0.1) is 17.3 Å². The van der Waals surface area contributed by atoms with E-state index in [2.05, 4.69) is 15.3 Å². The number of halogens is 1. The van der Waals surface area contributed by atoms with E-state index in [-0.39, 0.29) is 30.2 Å². The molecule has 32 heavy (non-hydrogen) atoms. The van der Waals surface area contributed by atoms with Gasteiger partial charge in [-0.05, 0) is 56.0 Å². The van der Waals surface area contributed by atoms with Crippen molar-refractivity contribution in [3.63, 3.8) is 0 Å². The van der Waals surface area contributed by atoms with E-state index in [0.29, 0.717) is 29.2 Å². The van der Waals surface area contributed by atoms with Crippen LogP contribution in [0.4, 0.5) is 4.39 Å². The molecular weight excluding hydrogens is 407 g/mol. The Morgan fingerprint density at radius 3 is 2.56 bits per heavy atom. The van der Waals surface area contributed by atoms with Crippen LogP contribution in [0.1, 0.15) is 63.1 Å². The second kappa shape index (κ2) is 9.68. The normalized spacial score (nSPS) is 15.9. The van der Waals surface area contributed by atoms with Gasteiger partial charge >= 0.3 is 0 Å². The van der Waals surface area contributed by atoms with Crippen LogP contribution in [-0.4, -0.2) is 33.2 Å². The number of carbonyl (C=O) groups is 2. The molecule has 1 aliphatic rings. The fourth-order valence-corrected chi connectivity index (χ4v) is 3.94. The lowest BCUT2D eigenvalue weighted by Crippen LogP contribution is -2.39. The number of hydrogen-bond acceptors (Lipinski definition) is 4. The summed E-state index contributed by atoms with van der Waals surface area (Å²) in [5.41, 5.74) is 2.39. The Morgan fingerprint density at radius 2 is 1.84 bits per heavy atom. The standard InChI is InChI=1S/C25H25FN4O2/c1-17-21(24(31)28-15-18-10-12-20(26)13-11-18)16-27-23(29-17)22-9-5-6-14-30(22)25(32)19-7-3-2-4-8-19/h2-4,7-8,10-13,16,22H,5-6,9,14-15H2,1H3,(H,28,31). The van der Waals surface area contributed by atoms with Crippen LogP contribution in [0.5, 0.6) is 0 Å². The Hall–Kier alpha value is -3.61. The van der Waals surface area contributed by atoms with E-state index in [1.54, 1.807) is 19.1 Å². The van der Waals surface area contributed by atoms with Gasteiger partial charge in [0.2, 0.25) is 0 Å². The van der Waals surface area contributed by atoms with Crippen LogP contribution in [0.3, 0.4) is 0 Å². The van der Waals surface area contributed by atoms with Crippen LogP contribution >= 0.6 is 0 Å². The van der Waals surface area contributed by atoms with E-state index < -0.39 is 0 Å². The lowest BCUT2D eigenvalue weighted by atomic mass is 9.99. The largest absolute Gasteiger partial charge is 0.348 e. The molecule has 2 aromatic carbocycles. The number of nitrogens with zero attached hydrogens (tertiary/aromatic N) is 3. The molecule has 4 rings (SSSR count). The van der Waals surface area contributed by atoms with Gasteiger partial charge in [0.25, 0.3) is 11.8 Å². The number of hydrogen-bond donors (Lipinski definition) is 1. The zero-order valence-corrected chi connectivity index (χ0v) is 17.9. The van der Waals surface area contributed by atoms with E-state index in [1.807, 2.05) is 35.2 Å². The monoisotopic (exact) mass is 432 g/mol. The molecule has 0 bridgehead atoms. The maximum atomic E-state index is 13.1. The molecule has 1 fully saturated rings. The van der Waals surface area contributed by atoms with Crippen molar-refractivity contribution in [1.82, 2.24) is 20.2 Å². The summed E-state index contributed by atoms with van der Waals surface area (Å²) in [4.78, 5) is 36.6. The van der Waals surface area contributed by atoms with E-state index >= 15 is 0 Å². The predicted molar refractivity (Wildman–Crippen MR) is 118 cm³/mol. The number of carbonyl (C=O) groups excluding carboxylic acids is 2. The quantitative estimate of drug-likeness (QED) is 0.655. The van der Waals surface area contributed by atoms with Crippen molar-refractivity contribution >= 4 is 11.8 Å². The first-order valence-corrected chi connectivity index (χ1v) is 10.7. The second-order valence-corrected chi connectivity index (χ2v) is 7.91. The van der Waals surface area contributed by atoms with Gasteiger partial charge in [0.15, 0.2) is 5.82 Å². The minimum atomic E-state index is -0.317. The summed E-state index contributed by atoms with van der Waals surface area (Å²) < 4.78 is 13.0. The zero-order valence-electron chi connectivity index (χ0n) is 17.9. The molecule has 6 nitrogen and oxygen atoms in total. The molecule has 164 valence electrons. The molecule has 1 aliphatic heterocycles. The first-order valence-electron chi connectivity index (χ1n) is 10.7. The number of likely N-dealkylation sites (tertiary alicyclic amines) is 1. The average molecular weight is 432 g/mol. The minimum Gasteiger partial charge on any atom is -0.348 e. The third-order valence-corrected chi connectivity index (χ3v) is 5.69. The highest BCUT2D eigenvalue weighted by atomic mass is 19.1. The molecule has 0 spiro atoms. The molecule has 1 atom stereocenters. The Bertz CT molecular complexity index is 1100. The molecule has 1 saturated heterocycles. The highest BCUT2D eigenvalue weighted by Gasteiger charge is 2.31. The summed E-state index contributed by atoms with van der Waals surface area (Å²) in [5, 5.41) is 2.82. The summed E-state index contributed by atoms with van der Waals surface area (Å²) in [5.74, 6) is -0.0825. The minimum absolute atomic E-state index is 0.0299. The van der Waals surface area contributed by atoms with Crippen molar-refractivity contribution in [2.45, 2.75) is 38.8 Å². The van der Waals surface area contributed by atoms with Crippen molar-refractivity contribution < 1.29 is 14.0 Å². The fourth-order valence-electron chi connectivity index (χ4n) is 3.94. The van der Waals surface area contributed by atoms with Crippen molar-refractivity contribution in [3.05, 3.63) is 94.8 Å². The van der Waals surface area contributed by atoms with E-state index in [4.69, 9.17) is 0 Å². The number of nitrogens with one attached hydrogen (secondary N) is 1. The Kier molecular flexibility index (Phi) is 6.54. The molecule has 3 aromatic rings. The zero-order chi connectivity index (χ0) is 22.5. The van der Waals surface area contributed by atoms with Gasteiger partial charge in [-0.3, -0.25) is 9.59 Å². The Labute approximate surface area is 186 Å². The molecule has 2 amide bonds. The van der Waals surface area contributed by atoms with Crippen molar-refractivity contribution in [1.29, 1.82) is 0 Å². The topological polar surface area (TPSA) is 75.2 Å². The van der Waals surface area contributed by atoms with E-state index in [9.17, 15) is 14.0 Å². The molecule has 1 unspecified atom stereocenters. The maximum absolute atomic E-state index is 13.1. The summed E-state index contributed by atoms with van der Waals surface area (Å²) in [6, 6.07) is 15.0. The lowest BCUT2D eigenvalue weighted by molar-refractivity contribution is 0.0599. The number of aryl methyl sites for hydroxylation is 1. The SMILES string of the molecule is Cc1nc(C2CCCCN2C(=O)c2ccccc2)ncc1C(=O)NCc1ccc(F)cc1. The summed E-state index contributed by atoms with van der Waals surface area (Å²) in [6.45, 7) is 2.70. The van der Waals surface area contributed by atoms with E-state index in [1.165, 1.54) is 18.3 Å². The number of benzene rings is 2. The van der Waals surface area contributed by atoms with Gasteiger partial charge in [0, 0.05) is 24.8 Å². The first kappa shape index (κ1) is 21.6. The van der Waals surface area contributed by atoms with Gasteiger partial charge < -0.3 is 10.2 Å². The van der Waals surface area contributed by atoms with Crippen LogP contribution < -0.4 is 5.32 Å². The van der Waals surface area contributed by atoms with Crippen LogP contribution in [0.15, 0.2) is 60.8 Å². The van der Waals surface area contributed by atoms with Crippen LogP contribution in [0.25, 0.3) is 0 Å². The number of aromatic nitrogens is 2. The van der Waals surface area contributed by atoms with Gasteiger partial charge in [-0.15, -0.1) is 0 Å². The summed E-state index contributed by atoms with van der Waals surface area (Å²) in [6.07, 6.45) is 4.25. The molecule has 1 N–H and O–H groups in total. The summed E-state index contributed by atoms with van der Waals surface area (Å²) in [7, 11) is 0. The van der Waals surface area contributed by atoms with Gasteiger partial charge in [-0.1, -0.05) is 30.3 Å². The molecule has 7 heteroatoms. The van der Waals surface area contributed by atoms with Crippen LogP contribution in [0, 0.1) is 12.7 Å². The lowest BCUT2D eigenvalue weighted by Gasteiger charge is -2.35. The smallest absolute Gasteiger partial charge is 0.254 e. The molecule has 1 aromatic heterocycles. The highest BCUT2D eigenvalue weighted by molar-refractivity contribution is 5.95. The van der Waals surface area contributed by atoms with Crippen LogP contribution in [0.2, 0.25) is 0 Å². The van der Waals surface area contributed by atoms with Gasteiger partial charge in [0.1, 0.15) is 5.82 Å². The average Bonchev–Trinajstić information content (AvgIpc) is 2.83. The Morgan fingerprint density at radius 1 is 1.09 bits per heavy atom. The van der Waals surface area contributed by atoms with Crippen LogP contribution in [-0.2, 0) is 6.54 Å². The predicted octanol–water partition coefficient (Wildman–Crippen LogP) is 4.22. The molecule has 2 heterocycles. The fraction of sp³-hybridized carbons (Fsp3) is 0.280. The third kappa shape index (κ3) is 4.82. The van der Waals surface area contributed by atoms with E-state index in [0.717, 1.165) is 24.8 Å². The third-order valence-electron chi connectivity index (χ3n) is 5.69. The molecule has 0 aliphatic carbocycles. The Balaban J connectivity index is 1.49. The van der Waals surface area contributed by atoms with Gasteiger partial charge in [-0.25, -0.2) is 14.4 Å². The van der Waals surface area contributed by atoms with Crippen molar-refractivity contribution in [2.24, 2.45) is 0 Å². The molecule has 0 radical (unpaired) electrons. The number of piperidine rings is 1. The molecular formula is C25H25FN4O2. The van der Waals surface area contributed by atoms with Crippen molar-refractivity contribution in [3.8, 4) is 0 Å².